The molecular formula is C21H23NO4S2. The predicted molar refractivity (Wildman–Crippen MR) is 112 cm³/mol. The molecule has 5 nitrogen and oxygen atoms in total. The van der Waals surface area contributed by atoms with E-state index in [1.807, 2.05) is 41.8 Å². The molecule has 3 rings (SSSR count). The fourth-order valence-electron chi connectivity index (χ4n) is 2.91. The zero-order valence-electron chi connectivity index (χ0n) is 16.0. The molecule has 1 aromatic heterocycles. The van der Waals surface area contributed by atoms with Gasteiger partial charge in [-0.3, -0.25) is 0 Å². The number of aryl methyl sites for hydroxylation is 1. The molecule has 1 N–H and O–H groups in total. The third kappa shape index (κ3) is 4.38. The van der Waals surface area contributed by atoms with Crippen molar-refractivity contribution in [1.82, 2.24) is 4.72 Å². The lowest BCUT2D eigenvalue weighted by molar-refractivity contribution is 0.386. The van der Waals surface area contributed by atoms with E-state index < -0.39 is 16.1 Å². The van der Waals surface area contributed by atoms with Gasteiger partial charge in [0.2, 0.25) is 10.0 Å². The van der Waals surface area contributed by atoms with Gasteiger partial charge < -0.3 is 9.47 Å². The van der Waals surface area contributed by atoms with Gasteiger partial charge in [-0.05, 0) is 41.1 Å². The summed E-state index contributed by atoms with van der Waals surface area (Å²) in [6.45, 7) is 2.09. The van der Waals surface area contributed by atoms with E-state index in [4.69, 9.17) is 9.47 Å². The van der Waals surface area contributed by atoms with Crippen molar-refractivity contribution in [2.24, 2.45) is 0 Å². The third-order valence-electron chi connectivity index (χ3n) is 4.48. The first-order chi connectivity index (χ1) is 13.5. The van der Waals surface area contributed by atoms with Gasteiger partial charge in [0, 0.05) is 10.9 Å². The van der Waals surface area contributed by atoms with Crippen LogP contribution in [0.1, 0.15) is 29.0 Å². The minimum absolute atomic E-state index is 0.0718. The van der Waals surface area contributed by atoms with Crippen molar-refractivity contribution in [2.75, 3.05) is 14.2 Å². The second kappa shape index (κ2) is 8.77. The van der Waals surface area contributed by atoms with E-state index in [0.717, 1.165) is 16.9 Å². The highest BCUT2D eigenvalue weighted by atomic mass is 32.2. The molecule has 0 bridgehead atoms. The molecule has 0 radical (unpaired) electrons. The molecule has 0 spiro atoms. The van der Waals surface area contributed by atoms with E-state index in [1.54, 1.807) is 12.1 Å². The highest BCUT2D eigenvalue weighted by Gasteiger charge is 2.26. The summed E-state index contributed by atoms with van der Waals surface area (Å²) in [6, 6.07) is 16.0. The quantitative estimate of drug-likeness (QED) is 0.590. The van der Waals surface area contributed by atoms with E-state index in [0.29, 0.717) is 5.75 Å². The van der Waals surface area contributed by atoms with Crippen LogP contribution in [0.25, 0.3) is 0 Å². The fourth-order valence-corrected chi connectivity index (χ4v) is 5.14. The Morgan fingerprint density at radius 1 is 1.04 bits per heavy atom. The van der Waals surface area contributed by atoms with Crippen LogP contribution in [0.5, 0.6) is 11.5 Å². The average Bonchev–Trinajstić information content (AvgIpc) is 3.26. The molecular weight excluding hydrogens is 394 g/mol. The summed E-state index contributed by atoms with van der Waals surface area (Å²) >= 11 is 1.51. The lowest BCUT2D eigenvalue weighted by Gasteiger charge is -2.20. The first kappa shape index (κ1) is 20.4. The minimum Gasteiger partial charge on any atom is -0.497 e. The Labute approximate surface area is 170 Å². The molecule has 0 fully saturated rings. The molecule has 1 heterocycles. The lowest BCUT2D eigenvalue weighted by Crippen LogP contribution is -2.29. The number of hydrogen-bond donors (Lipinski definition) is 1. The first-order valence-electron chi connectivity index (χ1n) is 8.85. The van der Waals surface area contributed by atoms with Gasteiger partial charge in [0.25, 0.3) is 0 Å². The van der Waals surface area contributed by atoms with Crippen molar-refractivity contribution in [2.45, 2.75) is 24.3 Å². The molecule has 2 aromatic carbocycles. The summed E-state index contributed by atoms with van der Waals surface area (Å²) in [5.41, 5.74) is 2.09. The lowest BCUT2D eigenvalue weighted by atomic mass is 10.0. The van der Waals surface area contributed by atoms with Crippen LogP contribution in [-0.4, -0.2) is 22.6 Å². The van der Waals surface area contributed by atoms with E-state index in [2.05, 4.69) is 11.6 Å². The van der Waals surface area contributed by atoms with E-state index in [1.165, 1.54) is 37.2 Å². The Bertz CT molecular complexity index is 1010. The molecule has 0 saturated carbocycles. The summed E-state index contributed by atoms with van der Waals surface area (Å²) in [5.74, 6) is 0.763. The van der Waals surface area contributed by atoms with Crippen molar-refractivity contribution >= 4 is 21.4 Å². The summed E-state index contributed by atoms with van der Waals surface area (Å²) in [6.07, 6.45) is 0.929. The van der Waals surface area contributed by atoms with Crippen LogP contribution in [0, 0.1) is 0 Å². The number of benzene rings is 2. The molecule has 7 heteroatoms. The average molecular weight is 418 g/mol. The van der Waals surface area contributed by atoms with Crippen LogP contribution >= 0.6 is 11.3 Å². The van der Waals surface area contributed by atoms with Crippen molar-refractivity contribution in [3.05, 3.63) is 76.0 Å². The summed E-state index contributed by atoms with van der Waals surface area (Å²) in [5, 5.41) is 1.94. The van der Waals surface area contributed by atoms with Crippen LogP contribution in [-0.2, 0) is 16.4 Å². The van der Waals surface area contributed by atoms with Crippen LogP contribution in [0.4, 0.5) is 0 Å². The zero-order valence-corrected chi connectivity index (χ0v) is 17.6. The number of hydrogen-bond acceptors (Lipinski definition) is 5. The van der Waals surface area contributed by atoms with Gasteiger partial charge in [-0.1, -0.05) is 37.3 Å². The Hall–Kier alpha value is -2.35. The zero-order chi connectivity index (χ0) is 20.1. The molecule has 0 amide bonds. The molecule has 0 aliphatic heterocycles. The number of methoxy groups -OCH3 is 2. The van der Waals surface area contributed by atoms with Gasteiger partial charge >= 0.3 is 0 Å². The molecule has 148 valence electrons. The van der Waals surface area contributed by atoms with E-state index in [9.17, 15) is 8.42 Å². The standard InChI is InChI=1S/C21H23NO4S2/c1-4-15-7-9-16(10-8-15)21(19-6-5-13-27-19)22-28(23,24)20-12-11-17(25-2)14-18(20)26-3/h5-14,21-22H,4H2,1-3H3/t21-/m1/s1. The second-order valence-electron chi connectivity index (χ2n) is 6.18. The normalized spacial score (nSPS) is 12.5. The second-order valence-corrected chi connectivity index (χ2v) is 8.84. The van der Waals surface area contributed by atoms with Gasteiger partial charge in [-0.15, -0.1) is 11.3 Å². The number of sulfonamides is 1. The maximum atomic E-state index is 13.2. The fraction of sp³-hybridized carbons (Fsp3) is 0.238. The molecule has 3 aromatic rings. The number of thiophene rings is 1. The smallest absolute Gasteiger partial charge is 0.245 e. The number of rotatable bonds is 8. The van der Waals surface area contributed by atoms with Crippen molar-refractivity contribution in [3.8, 4) is 11.5 Å². The Kier molecular flexibility index (Phi) is 6.39. The molecule has 1 atom stereocenters. The van der Waals surface area contributed by atoms with Crippen molar-refractivity contribution in [3.63, 3.8) is 0 Å². The maximum absolute atomic E-state index is 13.2. The molecule has 0 aliphatic carbocycles. The number of nitrogens with one attached hydrogen (secondary N) is 1. The monoisotopic (exact) mass is 417 g/mol. The molecule has 0 saturated heterocycles. The molecule has 0 unspecified atom stereocenters. The van der Waals surface area contributed by atoms with Gasteiger partial charge in [-0.2, -0.15) is 4.72 Å². The van der Waals surface area contributed by atoms with Crippen LogP contribution in [0.15, 0.2) is 64.9 Å². The summed E-state index contributed by atoms with van der Waals surface area (Å²) < 4.78 is 39.7. The van der Waals surface area contributed by atoms with Crippen LogP contribution in [0.2, 0.25) is 0 Å². The SMILES string of the molecule is CCc1ccc([C@@H](NS(=O)(=O)c2ccc(OC)cc2OC)c2cccs2)cc1. The van der Waals surface area contributed by atoms with E-state index >= 15 is 0 Å². The van der Waals surface area contributed by atoms with Gasteiger partial charge in [0.1, 0.15) is 16.4 Å². The predicted octanol–water partition coefficient (Wildman–Crippen LogP) is 4.40. The highest BCUT2D eigenvalue weighted by molar-refractivity contribution is 7.89. The highest BCUT2D eigenvalue weighted by Crippen LogP contribution is 2.32. The van der Waals surface area contributed by atoms with Crippen molar-refractivity contribution < 1.29 is 17.9 Å². The largest absolute Gasteiger partial charge is 0.497 e. The third-order valence-corrected chi connectivity index (χ3v) is 6.88. The van der Waals surface area contributed by atoms with Crippen LogP contribution in [0.3, 0.4) is 0 Å². The summed E-state index contributed by atoms with van der Waals surface area (Å²) in [4.78, 5) is 0.989. The topological polar surface area (TPSA) is 64.6 Å². The Morgan fingerprint density at radius 2 is 1.79 bits per heavy atom. The molecule has 0 aliphatic rings. The van der Waals surface area contributed by atoms with E-state index in [-0.39, 0.29) is 10.6 Å². The van der Waals surface area contributed by atoms with Gasteiger partial charge in [0.15, 0.2) is 0 Å². The maximum Gasteiger partial charge on any atom is 0.245 e. The van der Waals surface area contributed by atoms with Gasteiger partial charge in [-0.25, -0.2) is 8.42 Å². The number of ether oxygens (including phenoxy) is 2. The Morgan fingerprint density at radius 3 is 2.36 bits per heavy atom. The molecule has 28 heavy (non-hydrogen) atoms. The first-order valence-corrected chi connectivity index (χ1v) is 11.2. The van der Waals surface area contributed by atoms with Gasteiger partial charge in [0.05, 0.1) is 20.3 Å². The van der Waals surface area contributed by atoms with Crippen LogP contribution < -0.4 is 14.2 Å². The minimum atomic E-state index is -3.84. The summed E-state index contributed by atoms with van der Waals surface area (Å²) in [7, 11) is -0.881. The Balaban J connectivity index is 2.00. The van der Waals surface area contributed by atoms with Crippen molar-refractivity contribution in [1.29, 1.82) is 0 Å².